The van der Waals surface area contributed by atoms with Gasteiger partial charge in [0.25, 0.3) is 5.91 Å². The average Bonchev–Trinajstić information content (AvgIpc) is 4.06. The van der Waals surface area contributed by atoms with Gasteiger partial charge >= 0.3 is 0 Å². The number of imide groups is 1. The van der Waals surface area contributed by atoms with E-state index < -0.39 is 34.9 Å². The molecule has 2 saturated carbocycles. The molecule has 1 spiro atoms. The molecule has 3 aromatic rings. The van der Waals surface area contributed by atoms with Gasteiger partial charge in [-0.2, -0.15) is 4.98 Å². The molecule has 6 aliphatic rings. The second kappa shape index (κ2) is 19.2. The highest BCUT2D eigenvalue weighted by molar-refractivity contribution is 6.04. The first-order chi connectivity index (χ1) is 32.7. The van der Waals surface area contributed by atoms with Crippen molar-refractivity contribution in [1.82, 2.24) is 25.5 Å². The highest BCUT2D eigenvalue weighted by Crippen LogP contribution is 2.49. The maximum atomic E-state index is 15.3. The van der Waals surface area contributed by atoms with Crippen LogP contribution in [-0.2, 0) is 19.2 Å². The molecule has 4 N–H and O–H groups in total. The third-order valence-electron chi connectivity index (χ3n) is 16.0. The van der Waals surface area contributed by atoms with E-state index in [0.29, 0.717) is 92.6 Å². The Bertz CT molecular complexity index is 2430. The Labute approximate surface area is 395 Å². The summed E-state index contributed by atoms with van der Waals surface area (Å²) in [6.07, 6.45) is 12.3. The summed E-state index contributed by atoms with van der Waals surface area (Å²) in [7, 11) is 3.31. The van der Waals surface area contributed by atoms with E-state index in [1.54, 1.807) is 36.3 Å². The highest BCUT2D eigenvalue weighted by atomic mass is 19.1. The summed E-state index contributed by atoms with van der Waals surface area (Å²) < 4.78 is 36.4. The highest BCUT2D eigenvalue weighted by Gasteiger charge is 2.46. The van der Waals surface area contributed by atoms with Crippen molar-refractivity contribution in [3.8, 4) is 5.75 Å². The van der Waals surface area contributed by atoms with E-state index >= 15 is 8.78 Å². The largest absolute Gasteiger partial charge is 0.495 e. The minimum Gasteiger partial charge on any atom is -0.495 e. The zero-order valence-electron chi connectivity index (χ0n) is 39.3. The molecular formula is C50H63F2N9O7. The number of aliphatic hydroxyl groups is 1. The number of fused-ring (bicyclic) bond motifs is 1. The van der Waals surface area contributed by atoms with Crippen LogP contribution in [0, 0.1) is 23.0 Å². The number of methoxy groups -OCH3 is 1. The number of likely N-dealkylation sites (N-methyl/N-ethyl adjacent to an activating group) is 1. The molecule has 68 heavy (non-hydrogen) atoms. The van der Waals surface area contributed by atoms with E-state index in [2.05, 4.69) is 25.8 Å². The van der Waals surface area contributed by atoms with Gasteiger partial charge in [-0.15, -0.1) is 0 Å². The van der Waals surface area contributed by atoms with E-state index in [-0.39, 0.29) is 66.2 Å². The van der Waals surface area contributed by atoms with Crippen LogP contribution in [0.1, 0.15) is 125 Å². The van der Waals surface area contributed by atoms with Gasteiger partial charge in [-0.1, -0.05) is 19.8 Å². The van der Waals surface area contributed by atoms with Crippen molar-refractivity contribution in [1.29, 1.82) is 0 Å². The van der Waals surface area contributed by atoms with Crippen LogP contribution in [0.2, 0.25) is 0 Å². The lowest BCUT2D eigenvalue weighted by molar-refractivity contribution is -0.138. The number of anilines is 5. The number of aromatic nitrogens is 2. The van der Waals surface area contributed by atoms with Gasteiger partial charge in [0.2, 0.25) is 29.6 Å². The number of rotatable bonds is 12. The molecule has 5 amide bonds. The number of ether oxygens (including phenoxy) is 1. The van der Waals surface area contributed by atoms with Crippen LogP contribution in [-0.4, -0.2) is 114 Å². The number of benzene rings is 2. The van der Waals surface area contributed by atoms with Gasteiger partial charge in [0, 0.05) is 74.6 Å². The lowest BCUT2D eigenvalue weighted by Gasteiger charge is -2.50. The molecule has 5 heterocycles. The van der Waals surface area contributed by atoms with Crippen molar-refractivity contribution in [2.75, 3.05) is 67.0 Å². The zero-order valence-corrected chi connectivity index (χ0v) is 39.3. The molecule has 2 aliphatic carbocycles. The zero-order chi connectivity index (χ0) is 47.9. The summed E-state index contributed by atoms with van der Waals surface area (Å²) in [4.78, 5) is 82.2. The summed E-state index contributed by atoms with van der Waals surface area (Å²) in [6.45, 7) is 3.94. The van der Waals surface area contributed by atoms with E-state index in [4.69, 9.17) is 9.72 Å². The predicted molar refractivity (Wildman–Crippen MR) is 251 cm³/mol. The van der Waals surface area contributed by atoms with E-state index in [1.807, 2.05) is 16.7 Å². The van der Waals surface area contributed by atoms with E-state index in [1.165, 1.54) is 19.2 Å². The van der Waals surface area contributed by atoms with Crippen molar-refractivity contribution in [2.24, 2.45) is 11.3 Å². The second-order valence-corrected chi connectivity index (χ2v) is 19.9. The van der Waals surface area contributed by atoms with Gasteiger partial charge in [0.05, 0.1) is 30.8 Å². The maximum absolute atomic E-state index is 15.3. The minimum absolute atomic E-state index is 0.00726. The number of nitrogens with zero attached hydrogens (tertiary/aromatic N) is 6. The van der Waals surface area contributed by atoms with Gasteiger partial charge < -0.3 is 40.1 Å². The molecule has 3 saturated heterocycles. The van der Waals surface area contributed by atoms with Crippen LogP contribution >= 0.6 is 0 Å². The van der Waals surface area contributed by atoms with Crippen LogP contribution < -0.4 is 35.4 Å². The van der Waals surface area contributed by atoms with Gasteiger partial charge in [-0.3, -0.25) is 29.3 Å². The number of carbonyl (C=O) groups excluding carboxylic acids is 5. The van der Waals surface area contributed by atoms with E-state index in [9.17, 15) is 29.1 Å². The lowest BCUT2D eigenvalue weighted by Crippen LogP contribution is -2.55. The molecule has 4 aliphatic heterocycles. The van der Waals surface area contributed by atoms with Gasteiger partial charge in [0.15, 0.2) is 5.82 Å². The number of hydrogen-bond acceptors (Lipinski definition) is 12. The molecule has 0 radical (unpaired) electrons. The van der Waals surface area contributed by atoms with Crippen LogP contribution in [0.15, 0.2) is 36.5 Å². The Morgan fingerprint density at radius 2 is 1.68 bits per heavy atom. The topological polar surface area (TPSA) is 190 Å². The summed E-state index contributed by atoms with van der Waals surface area (Å²) in [5.74, 6) is -2.92. The molecular weight excluding hydrogens is 877 g/mol. The molecule has 1 aromatic heterocycles. The Kier molecular flexibility index (Phi) is 13.3. The van der Waals surface area contributed by atoms with Crippen LogP contribution in [0.4, 0.5) is 37.6 Å². The number of hydrogen-bond donors (Lipinski definition) is 4. The number of halogens is 2. The van der Waals surface area contributed by atoms with Gasteiger partial charge in [-0.25, -0.2) is 13.8 Å². The molecule has 364 valence electrons. The number of aliphatic hydroxyl groups excluding tert-OH is 1. The predicted octanol–water partition coefficient (Wildman–Crippen LogP) is 6.09. The average molecular weight is 940 g/mol. The van der Waals surface area contributed by atoms with Crippen molar-refractivity contribution in [3.05, 3.63) is 59.3 Å². The molecule has 18 heteroatoms. The lowest BCUT2D eigenvalue weighted by atomic mass is 9.62. The van der Waals surface area contributed by atoms with Crippen molar-refractivity contribution >= 4 is 58.4 Å². The fourth-order valence-corrected chi connectivity index (χ4v) is 11.9. The smallest absolute Gasteiger partial charge is 0.251 e. The molecule has 0 bridgehead atoms. The SMILES string of the molecule is CC[C@@H]1C(=O)N(C)c2cnc(Nc3ccc(C(=O)NC4(CCO)CCC5(CCN(C(=O)[C@H]6CCN(c7cc(F)c(C8CCC(=O)NC8=O)c(F)c7)C6)CC5)CC4)cc3OC)nc2N1C1CCCC1. The number of likely N-dealkylation sites (tertiary alicyclic amines) is 1. The van der Waals surface area contributed by atoms with Crippen molar-refractivity contribution < 1.29 is 42.6 Å². The first kappa shape index (κ1) is 47.2. The molecule has 9 rings (SSSR count). The number of amides is 5. The number of piperidine rings is 2. The number of nitrogens with one attached hydrogen (secondary N) is 3. The van der Waals surface area contributed by atoms with Gasteiger partial charge in [0.1, 0.15) is 29.1 Å². The Morgan fingerprint density at radius 1 is 0.956 bits per heavy atom. The fraction of sp³-hybridized carbons (Fsp3) is 0.580. The quantitative estimate of drug-likeness (QED) is 0.153. The van der Waals surface area contributed by atoms with Gasteiger partial charge in [-0.05, 0) is 113 Å². The normalized spacial score (nSPS) is 23.7. The van der Waals surface area contributed by atoms with Crippen molar-refractivity contribution in [3.63, 3.8) is 0 Å². The van der Waals surface area contributed by atoms with E-state index in [0.717, 1.165) is 57.2 Å². The maximum Gasteiger partial charge on any atom is 0.251 e. The third-order valence-corrected chi connectivity index (χ3v) is 16.0. The molecule has 16 nitrogen and oxygen atoms in total. The van der Waals surface area contributed by atoms with Crippen molar-refractivity contribution in [2.45, 2.75) is 127 Å². The summed E-state index contributed by atoms with van der Waals surface area (Å²) in [6, 6.07) is 7.55. The number of carbonyl (C=O) groups is 5. The van der Waals surface area contributed by atoms with Crippen LogP contribution in [0.3, 0.4) is 0 Å². The molecule has 3 atom stereocenters. The first-order valence-corrected chi connectivity index (χ1v) is 24.4. The Hall–Kier alpha value is -5.91. The Balaban J connectivity index is 0.797. The summed E-state index contributed by atoms with van der Waals surface area (Å²) >= 11 is 0. The second-order valence-electron chi connectivity index (χ2n) is 19.9. The van der Waals surface area contributed by atoms with Crippen LogP contribution in [0.25, 0.3) is 0 Å². The summed E-state index contributed by atoms with van der Waals surface area (Å²) in [5, 5.41) is 19.0. The summed E-state index contributed by atoms with van der Waals surface area (Å²) in [5.41, 5.74) is 1.04. The molecule has 2 aromatic carbocycles. The third kappa shape index (κ3) is 9.07. The van der Waals surface area contributed by atoms with Crippen LogP contribution in [0.5, 0.6) is 5.75 Å². The minimum atomic E-state index is -1.08. The fourth-order valence-electron chi connectivity index (χ4n) is 11.9. The molecule has 5 fully saturated rings. The monoisotopic (exact) mass is 939 g/mol. The first-order valence-electron chi connectivity index (χ1n) is 24.4. The molecule has 1 unspecified atom stereocenters. The Morgan fingerprint density at radius 3 is 2.34 bits per heavy atom. The standard InChI is InChI=1S/C50H63F2N9O7/c1-4-38-47(67)58(2)39-28-53-48(56-43(39)61(38)32-7-5-6-8-32)54-37-11-9-30(25-40(37)68-3)44(64)57-50(20-24-62)16-14-49(15-17-50)18-22-59(23-19-49)46(66)31-13-21-60(29-31)33-26-35(51)42(36(52)27-33)34-10-12-41(63)55-45(34)65/h9,11,25-28,31-32,34,38,62H,4-8,10,12-24,29H2,1-3H3,(H,57,64)(H,53,54,56)(H,55,63,65)/t31-,34?,38+/m0/s1.